The molecule has 1 saturated heterocycles. The second-order valence-electron chi connectivity index (χ2n) is 7.63. The molecule has 0 N–H and O–H groups in total. The molecule has 7 nitrogen and oxygen atoms in total. The first-order valence-electron chi connectivity index (χ1n) is 10.1. The zero-order valence-electron chi connectivity index (χ0n) is 17.8. The molecule has 0 amide bonds. The van der Waals surface area contributed by atoms with Crippen LogP contribution in [0.3, 0.4) is 0 Å². The van der Waals surface area contributed by atoms with E-state index in [2.05, 4.69) is 0 Å². The summed E-state index contributed by atoms with van der Waals surface area (Å²) < 4.78 is 71.2. The first-order chi connectivity index (χ1) is 14.5. The molecule has 31 heavy (non-hydrogen) atoms. The average Bonchev–Trinajstić information content (AvgIpc) is 3.03. The van der Waals surface area contributed by atoms with Crippen molar-refractivity contribution in [1.82, 2.24) is 0 Å². The van der Waals surface area contributed by atoms with Crippen molar-refractivity contribution in [2.75, 3.05) is 13.2 Å². The molecule has 1 aliphatic carbocycles. The minimum absolute atomic E-state index is 0.187. The van der Waals surface area contributed by atoms with E-state index in [0.717, 1.165) is 6.08 Å². The Kier molecular flexibility index (Phi) is 7.03. The highest BCUT2D eigenvalue weighted by molar-refractivity contribution is 7.55. The maximum atomic E-state index is 15.6. The number of esters is 1. The summed E-state index contributed by atoms with van der Waals surface area (Å²) in [6.07, 6.45) is -0.685. The fourth-order valence-corrected chi connectivity index (χ4v) is 5.41. The van der Waals surface area contributed by atoms with Crippen LogP contribution in [0.5, 0.6) is 0 Å². The van der Waals surface area contributed by atoms with Crippen LogP contribution in [0.4, 0.5) is 8.78 Å². The van der Waals surface area contributed by atoms with Crippen molar-refractivity contribution >= 4 is 13.6 Å². The van der Waals surface area contributed by atoms with Crippen LogP contribution in [0.2, 0.25) is 0 Å². The molecule has 172 valence electrons. The van der Waals surface area contributed by atoms with Gasteiger partial charge in [-0.15, -0.1) is 0 Å². The summed E-state index contributed by atoms with van der Waals surface area (Å²) in [6, 6.07) is 7.98. The largest absolute Gasteiger partial charge is 0.455 e. The van der Waals surface area contributed by atoms with Crippen LogP contribution in [0.1, 0.15) is 38.1 Å². The molecule has 0 spiro atoms. The number of hydrogen-bond donors (Lipinski definition) is 0. The lowest BCUT2D eigenvalue weighted by atomic mass is 9.88. The lowest BCUT2D eigenvalue weighted by Gasteiger charge is -2.39. The third-order valence-electron chi connectivity index (χ3n) is 4.97. The Labute approximate surface area is 180 Å². The highest BCUT2D eigenvalue weighted by Gasteiger charge is 2.65. The minimum Gasteiger partial charge on any atom is -0.455 e. The van der Waals surface area contributed by atoms with Crippen molar-refractivity contribution in [1.29, 1.82) is 0 Å². The summed E-state index contributed by atoms with van der Waals surface area (Å²) in [5.74, 6) is -3.70. The number of ether oxygens (including phenoxy) is 3. The van der Waals surface area contributed by atoms with E-state index in [0.29, 0.717) is 0 Å². The fraction of sp³-hybridized carbons (Fsp3) is 0.571. The summed E-state index contributed by atoms with van der Waals surface area (Å²) in [4.78, 5) is 12.7. The summed E-state index contributed by atoms with van der Waals surface area (Å²) in [7, 11) is -4.88. The number of benzene rings is 1. The van der Waals surface area contributed by atoms with Gasteiger partial charge in [-0.05, 0) is 39.8 Å². The third kappa shape index (κ3) is 4.76. The maximum absolute atomic E-state index is 15.6. The average molecular weight is 460 g/mol. The Balaban J connectivity index is 1.99. The Bertz CT molecular complexity index is 849. The molecule has 10 heteroatoms. The molecule has 1 fully saturated rings. The van der Waals surface area contributed by atoms with Gasteiger partial charge in [-0.1, -0.05) is 30.4 Å². The van der Waals surface area contributed by atoms with E-state index >= 15 is 8.78 Å². The van der Waals surface area contributed by atoms with Gasteiger partial charge in [-0.3, -0.25) is 4.57 Å². The fourth-order valence-electron chi connectivity index (χ4n) is 3.71. The van der Waals surface area contributed by atoms with Crippen LogP contribution < -0.4 is 0 Å². The summed E-state index contributed by atoms with van der Waals surface area (Å²) in [5.41, 5.74) is -3.80. The van der Waals surface area contributed by atoms with Gasteiger partial charge in [0.15, 0.2) is 5.79 Å². The van der Waals surface area contributed by atoms with E-state index < -0.39 is 49.2 Å². The van der Waals surface area contributed by atoms with Gasteiger partial charge in [0.05, 0.1) is 24.7 Å². The minimum atomic E-state index is -4.88. The summed E-state index contributed by atoms with van der Waals surface area (Å²) in [6.45, 7) is 5.67. The number of rotatable bonds is 8. The van der Waals surface area contributed by atoms with Crippen LogP contribution in [0.25, 0.3) is 0 Å². The van der Waals surface area contributed by atoms with Gasteiger partial charge in [0.25, 0.3) is 0 Å². The smallest absolute Gasteiger partial charge is 0.400 e. The molecule has 0 unspecified atom stereocenters. The molecule has 0 aromatic heterocycles. The standard InChI is InChI=1S/C21H27F2O7P/c1-5-26-31(25,27-6-2)21(22,23)15-12-13-16-18(30-20(3,4)29-16)17(15)28-19(24)14-10-8-7-9-11-14/h7-13,15-18H,5-6H2,1-4H3/t15-,16-,17+,18-/m1/s1. The number of carbonyl (C=O) groups is 1. The van der Waals surface area contributed by atoms with Crippen molar-refractivity contribution in [3.8, 4) is 0 Å². The van der Waals surface area contributed by atoms with Gasteiger partial charge in [0, 0.05) is 0 Å². The first-order valence-corrected chi connectivity index (χ1v) is 11.7. The molecule has 1 aliphatic heterocycles. The van der Waals surface area contributed by atoms with Crippen LogP contribution in [0.15, 0.2) is 42.5 Å². The summed E-state index contributed by atoms with van der Waals surface area (Å²) >= 11 is 0. The maximum Gasteiger partial charge on any atom is 0.400 e. The Hall–Kier alpha value is -1.64. The second kappa shape index (κ2) is 9.08. The Morgan fingerprint density at radius 1 is 1.10 bits per heavy atom. The Morgan fingerprint density at radius 2 is 1.71 bits per heavy atom. The predicted octanol–water partition coefficient (Wildman–Crippen LogP) is 4.78. The van der Waals surface area contributed by atoms with E-state index in [1.165, 1.54) is 32.1 Å². The van der Waals surface area contributed by atoms with Gasteiger partial charge in [-0.2, -0.15) is 8.78 Å². The van der Waals surface area contributed by atoms with Gasteiger partial charge in [0.1, 0.15) is 18.3 Å². The molecule has 0 radical (unpaired) electrons. The van der Waals surface area contributed by atoms with Crippen molar-refractivity contribution in [2.45, 2.75) is 57.5 Å². The predicted molar refractivity (Wildman–Crippen MR) is 108 cm³/mol. The summed E-state index contributed by atoms with van der Waals surface area (Å²) in [5, 5.41) is 0. The molecule has 0 saturated carbocycles. The first kappa shape index (κ1) is 24.0. The SMILES string of the molecule is CCOP(=O)(OCC)C(F)(F)[C@@H]1C=C[C@H]2OC(C)(C)O[C@H]2[C@H]1OC(=O)c1ccccc1. The van der Waals surface area contributed by atoms with Crippen molar-refractivity contribution < 1.29 is 41.4 Å². The third-order valence-corrected chi connectivity index (χ3v) is 7.19. The topological polar surface area (TPSA) is 80.3 Å². The number of fused-ring (bicyclic) bond motifs is 1. The highest BCUT2D eigenvalue weighted by Crippen LogP contribution is 2.66. The van der Waals surface area contributed by atoms with Gasteiger partial charge in [0.2, 0.25) is 0 Å². The lowest BCUT2D eigenvalue weighted by Crippen LogP contribution is -2.51. The molecule has 2 aliphatic rings. The quantitative estimate of drug-likeness (QED) is 0.314. The van der Waals surface area contributed by atoms with Crippen molar-refractivity contribution in [2.24, 2.45) is 5.92 Å². The molecule has 0 bridgehead atoms. The van der Waals surface area contributed by atoms with E-state index in [1.54, 1.807) is 32.0 Å². The van der Waals surface area contributed by atoms with Gasteiger partial charge < -0.3 is 23.3 Å². The number of halogens is 2. The van der Waals surface area contributed by atoms with Gasteiger partial charge in [-0.25, -0.2) is 4.79 Å². The van der Waals surface area contributed by atoms with Crippen molar-refractivity contribution in [3.05, 3.63) is 48.0 Å². The van der Waals surface area contributed by atoms with Gasteiger partial charge >= 0.3 is 19.2 Å². The molecule has 1 aromatic carbocycles. The lowest BCUT2D eigenvalue weighted by molar-refractivity contribution is -0.162. The number of alkyl halides is 2. The second-order valence-corrected chi connectivity index (χ2v) is 9.74. The van der Waals surface area contributed by atoms with Crippen LogP contribution in [0, 0.1) is 5.92 Å². The monoisotopic (exact) mass is 460 g/mol. The molecule has 4 atom stereocenters. The van der Waals surface area contributed by atoms with E-state index in [-0.39, 0.29) is 18.8 Å². The highest BCUT2D eigenvalue weighted by atomic mass is 31.2. The zero-order valence-corrected chi connectivity index (χ0v) is 18.7. The van der Waals surface area contributed by atoms with E-state index in [9.17, 15) is 9.36 Å². The van der Waals surface area contributed by atoms with E-state index in [1.807, 2.05) is 0 Å². The molecular formula is C21H27F2O7P. The number of hydrogen-bond acceptors (Lipinski definition) is 7. The number of carbonyl (C=O) groups excluding carboxylic acids is 1. The Morgan fingerprint density at radius 3 is 2.29 bits per heavy atom. The normalized spacial score (nSPS) is 27.7. The van der Waals surface area contributed by atoms with E-state index in [4.69, 9.17) is 23.3 Å². The molecule has 1 heterocycles. The molecular weight excluding hydrogens is 433 g/mol. The van der Waals surface area contributed by atoms with Crippen LogP contribution in [-0.2, 0) is 27.8 Å². The zero-order chi connectivity index (χ0) is 22.9. The molecule has 3 rings (SSSR count). The van der Waals surface area contributed by atoms with Crippen LogP contribution >= 0.6 is 7.60 Å². The molecule has 1 aromatic rings. The van der Waals surface area contributed by atoms with Crippen LogP contribution in [-0.4, -0.2) is 48.9 Å². The van der Waals surface area contributed by atoms with Crippen molar-refractivity contribution in [3.63, 3.8) is 0 Å².